The van der Waals surface area contributed by atoms with Crippen molar-refractivity contribution >= 4 is 17.8 Å². The molecule has 0 atom stereocenters. The van der Waals surface area contributed by atoms with Gasteiger partial charge in [-0.15, -0.1) is 0 Å². The molecular weight excluding hydrogens is 304 g/mol. The standard InChI is InChI=1S/C15H14N2O6/c1-21-11-6-4-10(5-7-11)15(20)23-9-13(18)16-17-14(19)12-3-2-8-22-12/h2-8H,9H2,1H3,(H,16,18)(H,17,19). The highest BCUT2D eigenvalue weighted by Gasteiger charge is 2.12. The number of carbonyl (C=O) groups is 3. The first-order valence-electron chi connectivity index (χ1n) is 6.54. The van der Waals surface area contributed by atoms with Gasteiger partial charge in [-0.2, -0.15) is 0 Å². The molecule has 0 saturated heterocycles. The van der Waals surface area contributed by atoms with Crippen LogP contribution in [0.1, 0.15) is 20.9 Å². The summed E-state index contributed by atoms with van der Waals surface area (Å²) in [5.41, 5.74) is 4.50. The van der Waals surface area contributed by atoms with Crippen LogP contribution in [0.3, 0.4) is 0 Å². The highest BCUT2D eigenvalue weighted by molar-refractivity contribution is 5.94. The maximum absolute atomic E-state index is 11.7. The molecule has 120 valence electrons. The van der Waals surface area contributed by atoms with E-state index in [4.69, 9.17) is 13.9 Å². The first kappa shape index (κ1) is 16.1. The fraction of sp³-hybridized carbons (Fsp3) is 0.133. The van der Waals surface area contributed by atoms with Gasteiger partial charge in [0, 0.05) is 0 Å². The van der Waals surface area contributed by atoms with Gasteiger partial charge in [0.2, 0.25) is 0 Å². The molecule has 2 rings (SSSR count). The molecule has 2 aromatic rings. The summed E-state index contributed by atoms with van der Waals surface area (Å²) in [5.74, 6) is -1.34. The third kappa shape index (κ3) is 4.60. The van der Waals surface area contributed by atoms with Crippen LogP contribution >= 0.6 is 0 Å². The third-order valence-electron chi connectivity index (χ3n) is 2.72. The number of methoxy groups -OCH3 is 1. The molecule has 0 bridgehead atoms. The lowest BCUT2D eigenvalue weighted by Gasteiger charge is -2.07. The summed E-state index contributed by atoms with van der Waals surface area (Å²) in [6.07, 6.45) is 1.33. The first-order chi connectivity index (χ1) is 11.1. The number of hydrogen-bond acceptors (Lipinski definition) is 6. The summed E-state index contributed by atoms with van der Waals surface area (Å²) in [6.45, 7) is -0.538. The van der Waals surface area contributed by atoms with Crippen LogP contribution in [-0.2, 0) is 9.53 Å². The zero-order valence-corrected chi connectivity index (χ0v) is 12.2. The molecule has 0 unspecified atom stereocenters. The number of carbonyl (C=O) groups excluding carboxylic acids is 3. The number of benzene rings is 1. The molecule has 8 heteroatoms. The van der Waals surface area contributed by atoms with Gasteiger partial charge >= 0.3 is 11.9 Å². The van der Waals surface area contributed by atoms with E-state index in [1.807, 2.05) is 0 Å². The van der Waals surface area contributed by atoms with Gasteiger partial charge in [0.1, 0.15) is 5.75 Å². The fourth-order valence-electron chi connectivity index (χ4n) is 1.57. The SMILES string of the molecule is COc1ccc(C(=O)OCC(=O)NNC(=O)c2ccco2)cc1. The van der Waals surface area contributed by atoms with Crippen molar-refractivity contribution in [1.29, 1.82) is 0 Å². The maximum Gasteiger partial charge on any atom is 0.338 e. The van der Waals surface area contributed by atoms with Crippen LogP contribution in [0.5, 0.6) is 5.75 Å². The van der Waals surface area contributed by atoms with Crippen molar-refractivity contribution < 1.29 is 28.3 Å². The van der Waals surface area contributed by atoms with Gasteiger partial charge in [-0.1, -0.05) is 0 Å². The van der Waals surface area contributed by atoms with Crippen molar-refractivity contribution in [3.05, 3.63) is 54.0 Å². The minimum Gasteiger partial charge on any atom is -0.497 e. The number of furan rings is 1. The van der Waals surface area contributed by atoms with Crippen LogP contribution in [-0.4, -0.2) is 31.5 Å². The summed E-state index contributed by atoms with van der Waals surface area (Å²) in [4.78, 5) is 34.7. The molecule has 0 aliphatic carbocycles. The van der Waals surface area contributed by atoms with Gasteiger partial charge in [0.05, 0.1) is 18.9 Å². The van der Waals surface area contributed by atoms with Gasteiger partial charge in [0.15, 0.2) is 12.4 Å². The highest BCUT2D eigenvalue weighted by atomic mass is 16.5. The minimum atomic E-state index is -0.688. The van der Waals surface area contributed by atoms with Crippen LogP contribution in [0.15, 0.2) is 47.1 Å². The molecule has 0 spiro atoms. The molecule has 8 nitrogen and oxygen atoms in total. The van der Waals surface area contributed by atoms with Gasteiger partial charge < -0.3 is 13.9 Å². The average molecular weight is 318 g/mol. The maximum atomic E-state index is 11.7. The molecule has 0 aliphatic rings. The van der Waals surface area contributed by atoms with E-state index in [1.54, 1.807) is 12.1 Å². The van der Waals surface area contributed by atoms with Crippen molar-refractivity contribution in [2.24, 2.45) is 0 Å². The van der Waals surface area contributed by atoms with E-state index in [2.05, 4.69) is 10.9 Å². The van der Waals surface area contributed by atoms with Crippen LogP contribution in [0, 0.1) is 0 Å². The first-order valence-corrected chi connectivity index (χ1v) is 6.54. The molecule has 0 radical (unpaired) electrons. The second-order valence-corrected chi connectivity index (χ2v) is 4.28. The Morgan fingerprint density at radius 1 is 1.09 bits per heavy atom. The van der Waals surface area contributed by atoms with E-state index < -0.39 is 24.4 Å². The van der Waals surface area contributed by atoms with Crippen LogP contribution < -0.4 is 15.6 Å². The Morgan fingerprint density at radius 2 is 1.83 bits per heavy atom. The van der Waals surface area contributed by atoms with E-state index in [0.717, 1.165) is 0 Å². The Kier molecular flexibility index (Phi) is 5.35. The lowest BCUT2D eigenvalue weighted by molar-refractivity contribution is -0.125. The Hall–Kier alpha value is -3.29. The van der Waals surface area contributed by atoms with Crippen molar-refractivity contribution in [2.45, 2.75) is 0 Å². The van der Waals surface area contributed by atoms with E-state index in [0.29, 0.717) is 5.75 Å². The smallest absolute Gasteiger partial charge is 0.338 e. The molecule has 1 heterocycles. The Balaban J connectivity index is 1.75. The number of ether oxygens (including phenoxy) is 2. The number of hydrazine groups is 1. The predicted octanol–water partition coefficient (Wildman–Crippen LogP) is 0.906. The quantitative estimate of drug-likeness (QED) is 0.627. The van der Waals surface area contributed by atoms with Crippen LogP contribution in [0.4, 0.5) is 0 Å². The molecule has 2 amide bonds. The zero-order valence-electron chi connectivity index (χ0n) is 12.2. The van der Waals surface area contributed by atoms with E-state index >= 15 is 0 Å². The normalized spacial score (nSPS) is 9.78. The number of rotatable bonds is 5. The number of nitrogens with one attached hydrogen (secondary N) is 2. The average Bonchev–Trinajstić information content (AvgIpc) is 3.12. The van der Waals surface area contributed by atoms with E-state index in [1.165, 1.54) is 37.6 Å². The Labute approximate surface area is 131 Å². The molecule has 2 N–H and O–H groups in total. The second-order valence-electron chi connectivity index (χ2n) is 4.28. The molecule has 23 heavy (non-hydrogen) atoms. The number of hydrogen-bond donors (Lipinski definition) is 2. The molecule has 1 aromatic heterocycles. The van der Waals surface area contributed by atoms with E-state index in [9.17, 15) is 14.4 Å². The van der Waals surface area contributed by atoms with Crippen molar-refractivity contribution in [2.75, 3.05) is 13.7 Å². The van der Waals surface area contributed by atoms with Gasteiger partial charge in [-0.25, -0.2) is 4.79 Å². The summed E-state index contributed by atoms with van der Waals surface area (Å²) >= 11 is 0. The molecule has 1 aromatic carbocycles. The predicted molar refractivity (Wildman–Crippen MR) is 77.6 cm³/mol. The molecular formula is C15H14N2O6. The molecule has 0 aliphatic heterocycles. The molecule has 0 fully saturated rings. The van der Waals surface area contributed by atoms with Gasteiger partial charge in [-0.3, -0.25) is 20.4 Å². The lowest BCUT2D eigenvalue weighted by Crippen LogP contribution is -2.43. The molecule has 0 saturated carbocycles. The Morgan fingerprint density at radius 3 is 2.43 bits per heavy atom. The van der Waals surface area contributed by atoms with Crippen LogP contribution in [0.2, 0.25) is 0 Å². The zero-order chi connectivity index (χ0) is 16.7. The van der Waals surface area contributed by atoms with Crippen molar-refractivity contribution in [1.82, 2.24) is 10.9 Å². The summed E-state index contributed by atoms with van der Waals surface area (Å²) in [5, 5.41) is 0. The van der Waals surface area contributed by atoms with Gasteiger partial charge in [0.25, 0.3) is 5.91 Å². The summed E-state index contributed by atoms with van der Waals surface area (Å²) < 4.78 is 14.6. The largest absolute Gasteiger partial charge is 0.497 e. The fourth-order valence-corrected chi connectivity index (χ4v) is 1.57. The van der Waals surface area contributed by atoms with E-state index in [-0.39, 0.29) is 11.3 Å². The monoisotopic (exact) mass is 318 g/mol. The van der Waals surface area contributed by atoms with Gasteiger partial charge in [-0.05, 0) is 36.4 Å². The van der Waals surface area contributed by atoms with Crippen molar-refractivity contribution in [3.8, 4) is 5.75 Å². The minimum absolute atomic E-state index is 0.0422. The number of esters is 1. The topological polar surface area (TPSA) is 107 Å². The third-order valence-corrected chi connectivity index (χ3v) is 2.72. The Bertz CT molecular complexity index is 679. The van der Waals surface area contributed by atoms with Crippen molar-refractivity contribution in [3.63, 3.8) is 0 Å². The lowest BCUT2D eigenvalue weighted by atomic mass is 10.2. The highest BCUT2D eigenvalue weighted by Crippen LogP contribution is 2.11. The summed E-state index contributed by atoms with van der Waals surface area (Å²) in [7, 11) is 1.51. The van der Waals surface area contributed by atoms with Crippen LogP contribution in [0.25, 0.3) is 0 Å². The number of amides is 2. The summed E-state index contributed by atoms with van der Waals surface area (Å²) in [6, 6.07) is 9.19. The second kappa shape index (κ2) is 7.64.